The molecule has 3 N–H and O–H groups in total. The Morgan fingerprint density at radius 1 is 1.55 bits per heavy atom. The van der Waals surface area contributed by atoms with E-state index in [1.807, 2.05) is 0 Å². The van der Waals surface area contributed by atoms with Gasteiger partial charge in [0.25, 0.3) is 0 Å². The van der Waals surface area contributed by atoms with Crippen LogP contribution in [0.2, 0.25) is 0 Å². The molecule has 1 heterocycles. The van der Waals surface area contributed by atoms with E-state index in [4.69, 9.17) is 5.73 Å². The Hall–Kier alpha value is -1.20. The SMILES string of the molecule is Nc1ncc(CC(F)(F)F)[nH]1. The molecule has 0 aliphatic heterocycles. The van der Waals surface area contributed by atoms with Crippen LogP contribution in [0.15, 0.2) is 6.20 Å². The van der Waals surface area contributed by atoms with Gasteiger partial charge in [-0.25, -0.2) is 4.98 Å². The molecule has 3 nitrogen and oxygen atoms in total. The van der Waals surface area contributed by atoms with Gasteiger partial charge < -0.3 is 10.7 Å². The van der Waals surface area contributed by atoms with Gasteiger partial charge in [0.15, 0.2) is 5.95 Å². The quantitative estimate of drug-likeness (QED) is 0.654. The molecule has 0 saturated heterocycles. The van der Waals surface area contributed by atoms with E-state index in [1.165, 1.54) is 0 Å². The first-order valence-electron chi connectivity index (χ1n) is 2.83. The van der Waals surface area contributed by atoms with E-state index in [-0.39, 0.29) is 11.6 Å². The molecule has 0 radical (unpaired) electrons. The smallest absolute Gasteiger partial charge is 0.369 e. The summed E-state index contributed by atoms with van der Waals surface area (Å²) in [6.07, 6.45) is -4.15. The molecule has 0 aliphatic rings. The Kier molecular flexibility index (Phi) is 1.76. The van der Waals surface area contributed by atoms with Gasteiger partial charge in [0, 0.05) is 5.69 Å². The number of nitrogen functional groups attached to an aromatic ring is 1. The van der Waals surface area contributed by atoms with Gasteiger partial charge in [0.2, 0.25) is 0 Å². The number of rotatable bonds is 1. The van der Waals surface area contributed by atoms with Gasteiger partial charge in [-0.2, -0.15) is 13.2 Å². The van der Waals surface area contributed by atoms with Crippen molar-refractivity contribution in [2.75, 3.05) is 5.73 Å². The van der Waals surface area contributed by atoms with Gasteiger partial charge >= 0.3 is 6.18 Å². The monoisotopic (exact) mass is 165 g/mol. The molecule has 1 aromatic rings. The van der Waals surface area contributed by atoms with Crippen molar-refractivity contribution in [1.82, 2.24) is 9.97 Å². The van der Waals surface area contributed by atoms with Crippen molar-refractivity contribution in [3.8, 4) is 0 Å². The molecule has 0 amide bonds. The lowest BCUT2D eigenvalue weighted by Gasteiger charge is -2.01. The Balaban J connectivity index is 2.65. The zero-order valence-corrected chi connectivity index (χ0v) is 5.44. The molecule has 0 atom stereocenters. The van der Waals surface area contributed by atoms with E-state index in [0.29, 0.717) is 0 Å². The van der Waals surface area contributed by atoms with Gasteiger partial charge in [-0.1, -0.05) is 0 Å². The molecule has 0 unspecified atom stereocenters. The molecular weight excluding hydrogens is 159 g/mol. The van der Waals surface area contributed by atoms with Crippen LogP contribution in [0.3, 0.4) is 0 Å². The fourth-order valence-electron chi connectivity index (χ4n) is 0.682. The zero-order valence-electron chi connectivity index (χ0n) is 5.44. The second-order valence-corrected chi connectivity index (χ2v) is 2.09. The Morgan fingerprint density at radius 2 is 2.18 bits per heavy atom. The first-order chi connectivity index (χ1) is 4.97. The van der Waals surface area contributed by atoms with Crippen LogP contribution in [0.1, 0.15) is 5.69 Å². The molecule has 11 heavy (non-hydrogen) atoms. The first-order valence-corrected chi connectivity index (χ1v) is 2.83. The third kappa shape index (κ3) is 2.48. The molecule has 0 aliphatic carbocycles. The Morgan fingerprint density at radius 3 is 2.55 bits per heavy atom. The fraction of sp³-hybridized carbons (Fsp3) is 0.400. The minimum absolute atomic E-state index is 0.00394. The number of nitrogens with two attached hydrogens (primary N) is 1. The minimum Gasteiger partial charge on any atom is -0.369 e. The standard InChI is InChI=1S/C5H6F3N3/c6-5(7,8)1-3-2-10-4(9)11-3/h2H,1H2,(H3,9,10,11). The number of halogens is 3. The van der Waals surface area contributed by atoms with E-state index in [1.54, 1.807) is 0 Å². The van der Waals surface area contributed by atoms with Crippen molar-refractivity contribution >= 4 is 5.95 Å². The normalized spacial score (nSPS) is 11.9. The molecule has 6 heteroatoms. The lowest BCUT2D eigenvalue weighted by atomic mass is 10.3. The third-order valence-electron chi connectivity index (χ3n) is 1.04. The second kappa shape index (κ2) is 2.44. The van der Waals surface area contributed by atoms with Crippen LogP contribution in [0.5, 0.6) is 0 Å². The highest BCUT2D eigenvalue weighted by molar-refractivity contribution is 5.18. The summed E-state index contributed by atoms with van der Waals surface area (Å²) in [5.41, 5.74) is 5.04. The predicted molar refractivity (Wildman–Crippen MR) is 32.8 cm³/mol. The number of aromatic nitrogens is 2. The summed E-state index contributed by atoms with van der Waals surface area (Å²) in [5, 5.41) is 0. The van der Waals surface area contributed by atoms with E-state index < -0.39 is 12.6 Å². The summed E-state index contributed by atoms with van der Waals surface area (Å²) in [6.45, 7) is 0. The van der Waals surface area contributed by atoms with Crippen LogP contribution in [0.25, 0.3) is 0 Å². The Labute approximate surface area is 60.4 Å². The summed E-state index contributed by atoms with van der Waals surface area (Å²) in [6, 6.07) is 0. The minimum atomic E-state index is -4.21. The summed E-state index contributed by atoms with van der Waals surface area (Å²) in [4.78, 5) is 5.70. The van der Waals surface area contributed by atoms with Crippen LogP contribution >= 0.6 is 0 Å². The molecule has 0 aromatic carbocycles. The molecular formula is C5H6F3N3. The molecule has 0 fully saturated rings. The molecule has 0 saturated carbocycles. The highest BCUT2D eigenvalue weighted by atomic mass is 19.4. The zero-order chi connectivity index (χ0) is 8.48. The lowest BCUT2D eigenvalue weighted by molar-refractivity contribution is -0.127. The van der Waals surface area contributed by atoms with Crippen molar-refractivity contribution in [3.05, 3.63) is 11.9 Å². The molecule has 0 spiro atoms. The number of hydrogen-bond acceptors (Lipinski definition) is 2. The highest BCUT2D eigenvalue weighted by Crippen LogP contribution is 2.19. The average Bonchev–Trinajstić information content (AvgIpc) is 2.10. The van der Waals surface area contributed by atoms with Gasteiger partial charge in [-0.05, 0) is 0 Å². The summed E-state index contributed by atoms with van der Waals surface area (Å²) in [7, 11) is 0. The van der Waals surface area contributed by atoms with Crippen LogP contribution in [-0.4, -0.2) is 16.1 Å². The van der Waals surface area contributed by atoms with Crippen LogP contribution in [0, 0.1) is 0 Å². The van der Waals surface area contributed by atoms with E-state index in [9.17, 15) is 13.2 Å². The first kappa shape index (κ1) is 7.90. The van der Waals surface area contributed by atoms with Crippen LogP contribution < -0.4 is 5.73 Å². The third-order valence-corrected chi connectivity index (χ3v) is 1.04. The van der Waals surface area contributed by atoms with Crippen molar-refractivity contribution < 1.29 is 13.2 Å². The number of aromatic amines is 1. The summed E-state index contributed by atoms with van der Waals surface area (Å²) < 4.78 is 35.0. The number of nitrogens with zero attached hydrogens (tertiary/aromatic N) is 1. The molecule has 62 valence electrons. The van der Waals surface area contributed by atoms with Gasteiger partial charge in [-0.3, -0.25) is 0 Å². The van der Waals surface area contributed by atoms with Crippen molar-refractivity contribution in [3.63, 3.8) is 0 Å². The van der Waals surface area contributed by atoms with E-state index in [2.05, 4.69) is 9.97 Å². The largest absolute Gasteiger partial charge is 0.394 e. The van der Waals surface area contributed by atoms with Crippen molar-refractivity contribution in [1.29, 1.82) is 0 Å². The molecule has 1 rings (SSSR count). The maximum absolute atomic E-state index is 11.7. The van der Waals surface area contributed by atoms with E-state index in [0.717, 1.165) is 6.20 Å². The average molecular weight is 165 g/mol. The summed E-state index contributed by atoms with van der Waals surface area (Å²) >= 11 is 0. The highest BCUT2D eigenvalue weighted by Gasteiger charge is 2.28. The maximum atomic E-state index is 11.7. The second-order valence-electron chi connectivity index (χ2n) is 2.09. The topological polar surface area (TPSA) is 54.7 Å². The summed E-state index contributed by atoms with van der Waals surface area (Å²) in [5.74, 6) is 0.00394. The maximum Gasteiger partial charge on any atom is 0.394 e. The van der Waals surface area contributed by atoms with Crippen molar-refractivity contribution in [2.24, 2.45) is 0 Å². The van der Waals surface area contributed by atoms with Gasteiger partial charge in [0.1, 0.15) is 0 Å². The molecule has 1 aromatic heterocycles. The lowest BCUT2D eigenvalue weighted by Crippen LogP contribution is -2.11. The predicted octanol–water partition coefficient (Wildman–Crippen LogP) is 1.10. The number of anilines is 1. The van der Waals surface area contributed by atoms with Gasteiger partial charge in [0.05, 0.1) is 12.6 Å². The van der Waals surface area contributed by atoms with Crippen LogP contribution in [-0.2, 0) is 6.42 Å². The number of H-pyrrole nitrogens is 1. The van der Waals surface area contributed by atoms with Crippen molar-refractivity contribution in [2.45, 2.75) is 12.6 Å². The number of hydrogen-bond donors (Lipinski definition) is 2. The molecule has 0 bridgehead atoms. The van der Waals surface area contributed by atoms with Gasteiger partial charge in [-0.15, -0.1) is 0 Å². The van der Waals surface area contributed by atoms with E-state index >= 15 is 0 Å². The number of alkyl halides is 3. The fourth-order valence-corrected chi connectivity index (χ4v) is 0.682. The van der Waals surface area contributed by atoms with Crippen LogP contribution in [0.4, 0.5) is 19.1 Å². The Bertz CT molecular complexity index is 239. The number of imidazole rings is 1. The number of nitrogens with one attached hydrogen (secondary N) is 1.